The average molecular weight is 511 g/mol. The highest BCUT2D eigenvalue weighted by Gasteiger charge is 2.44. The maximum Gasteiger partial charge on any atom is 0.280 e. The Morgan fingerprint density at radius 2 is 1.89 bits per heavy atom. The summed E-state index contributed by atoms with van der Waals surface area (Å²) in [6.45, 7) is 0.546. The summed E-state index contributed by atoms with van der Waals surface area (Å²) in [7, 11) is 0. The first-order valence-electron chi connectivity index (χ1n) is 10.6. The van der Waals surface area contributed by atoms with Crippen molar-refractivity contribution in [1.82, 2.24) is 24.8 Å². The molecule has 35 heavy (non-hydrogen) atoms. The Morgan fingerprint density at radius 1 is 1.17 bits per heavy atom. The maximum atomic E-state index is 12.0. The van der Waals surface area contributed by atoms with Crippen LogP contribution >= 0.6 is 11.6 Å². The van der Waals surface area contributed by atoms with Crippen LogP contribution in [0.3, 0.4) is 0 Å². The van der Waals surface area contributed by atoms with Crippen molar-refractivity contribution in [3.8, 4) is 0 Å². The van der Waals surface area contributed by atoms with Crippen LogP contribution in [0.15, 0.2) is 20.7 Å². The van der Waals surface area contributed by atoms with E-state index in [1.807, 2.05) is 0 Å². The minimum Gasteiger partial charge on any atom is -0.387 e. The lowest BCUT2D eigenvalue weighted by Gasteiger charge is -2.19. The fraction of sp³-hybridized carbons (Fsp3) is 0.474. The van der Waals surface area contributed by atoms with Crippen LogP contribution in [0.5, 0.6) is 0 Å². The van der Waals surface area contributed by atoms with E-state index in [0.29, 0.717) is 19.5 Å². The molecule has 1 aliphatic rings. The number of rotatable bonds is 10. The van der Waals surface area contributed by atoms with Gasteiger partial charge in [0.1, 0.15) is 35.6 Å². The van der Waals surface area contributed by atoms with E-state index in [1.54, 1.807) is 0 Å². The second-order valence-electron chi connectivity index (χ2n) is 7.87. The fourth-order valence-corrected chi connectivity index (χ4v) is 3.86. The van der Waals surface area contributed by atoms with Gasteiger partial charge >= 0.3 is 0 Å². The molecule has 15 nitrogen and oxygen atoms in total. The number of nitrogens with two attached hydrogens (primary N) is 1. The third-order valence-corrected chi connectivity index (χ3v) is 5.79. The molecule has 3 aromatic rings. The van der Waals surface area contributed by atoms with E-state index in [4.69, 9.17) is 22.1 Å². The predicted octanol–water partition coefficient (Wildman–Crippen LogP) is -2.81. The van der Waals surface area contributed by atoms with Gasteiger partial charge in [-0.2, -0.15) is 4.98 Å². The smallest absolute Gasteiger partial charge is 0.280 e. The molecule has 0 aliphatic carbocycles. The summed E-state index contributed by atoms with van der Waals surface area (Å²) in [6, 6.07) is 0. The van der Waals surface area contributed by atoms with Crippen LogP contribution in [0.1, 0.15) is 12.6 Å². The van der Waals surface area contributed by atoms with Gasteiger partial charge in [0.05, 0.1) is 6.33 Å². The standard InChI is InChI=1S/C19H23ClN8O7/c20-4-8(29)22-2-1-3-23-9-10(14(32)13(9)31)24-5-7-12(30)15(33)18(35-7)28-6-25-11-16(28)26-19(21)27-17(11)34/h6-7,12,15,18,23-24,30,33H,1-5H2,(H,22,29)(H3,21,26,27,34). The number of imidazole rings is 1. The number of alkyl halides is 1. The second kappa shape index (κ2) is 9.99. The number of nitrogens with zero attached hydrogens (tertiary/aromatic N) is 3. The molecule has 1 fully saturated rings. The number of aromatic amines is 1. The molecule has 1 amide bonds. The molecule has 16 heteroatoms. The quantitative estimate of drug-likeness (QED) is 0.0832. The molecule has 0 spiro atoms. The number of hydrogen-bond acceptors (Lipinski definition) is 12. The van der Waals surface area contributed by atoms with Crippen LogP contribution in [-0.2, 0) is 9.53 Å². The minimum absolute atomic E-state index is 0.0206. The summed E-state index contributed by atoms with van der Waals surface area (Å²) in [5.74, 6) is -0.616. The number of carbonyl (C=O) groups is 1. The number of nitrogens with one attached hydrogen (secondary N) is 4. The summed E-state index contributed by atoms with van der Waals surface area (Å²) in [6.07, 6.45) is -3.16. The summed E-state index contributed by atoms with van der Waals surface area (Å²) in [5.41, 5.74) is 3.75. The molecular formula is C19H23ClN8O7. The number of aromatic nitrogens is 4. The van der Waals surface area contributed by atoms with E-state index >= 15 is 0 Å². The van der Waals surface area contributed by atoms with Crippen molar-refractivity contribution in [1.29, 1.82) is 0 Å². The van der Waals surface area contributed by atoms with Gasteiger partial charge in [0.15, 0.2) is 17.4 Å². The number of ether oxygens (including phenoxy) is 1. The highest BCUT2D eigenvalue weighted by molar-refractivity contribution is 6.27. The Morgan fingerprint density at radius 3 is 2.60 bits per heavy atom. The average Bonchev–Trinajstić information content (AvgIpc) is 3.38. The van der Waals surface area contributed by atoms with Crippen LogP contribution in [0.4, 0.5) is 17.3 Å². The third-order valence-electron chi connectivity index (χ3n) is 5.55. The molecule has 1 saturated heterocycles. The van der Waals surface area contributed by atoms with Crippen molar-refractivity contribution < 1.29 is 19.7 Å². The SMILES string of the molecule is Nc1nc2c(ncn2C2OC(CNc3c(NCCCNC(=O)CCl)c(=O)c3=O)C(O)C2O)c(=O)[nH]1. The van der Waals surface area contributed by atoms with Gasteiger partial charge in [-0.25, -0.2) is 4.98 Å². The van der Waals surface area contributed by atoms with Crippen LogP contribution in [0.2, 0.25) is 0 Å². The number of halogens is 1. The number of fused-ring (bicyclic) bond motifs is 1. The minimum atomic E-state index is -1.41. The topological polar surface area (TPSA) is 227 Å². The summed E-state index contributed by atoms with van der Waals surface area (Å²) < 4.78 is 7.04. The van der Waals surface area contributed by atoms with Crippen LogP contribution < -0.4 is 38.1 Å². The predicted molar refractivity (Wildman–Crippen MR) is 125 cm³/mol. The highest BCUT2D eigenvalue weighted by Crippen LogP contribution is 2.31. The van der Waals surface area contributed by atoms with Crippen molar-refractivity contribution in [3.05, 3.63) is 37.1 Å². The zero-order valence-corrected chi connectivity index (χ0v) is 18.9. The first kappa shape index (κ1) is 24.6. The Labute approximate surface area is 201 Å². The third kappa shape index (κ3) is 4.70. The van der Waals surface area contributed by atoms with Crippen LogP contribution in [-0.4, -0.2) is 79.5 Å². The second-order valence-corrected chi connectivity index (χ2v) is 8.14. The molecule has 0 saturated carbocycles. The van der Waals surface area contributed by atoms with Crippen molar-refractivity contribution in [2.24, 2.45) is 0 Å². The Bertz CT molecular complexity index is 1360. The van der Waals surface area contributed by atoms with Crippen LogP contribution in [0.25, 0.3) is 11.2 Å². The normalized spacial score (nSPS) is 22.0. The molecule has 8 N–H and O–H groups in total. The number of nitrogen functional groups attached to an aromatic ring is 1. The van der Waals surface area contributed by atoms with Crippen molar-refractivity contribution in [3.63, 3.8) is 0 Å². The maximum absolute atomic E-state index is 12.0. The molecule has 0 bridgehead atoms. The molecule has 3 heterocycles. The molecule has 188 valence electrons. The number of hydrogen-bond donors (Lipinski definition) is 7. The lowest BCUT2D eigenvalue weighted by Crippen LogP contribution is -2.41. The summed E-state index contributed by atoms with van der Waals surface area (Å²) >= 11 is 5.39. The molecular weight excluding hydrogens is 488 g/mol. The van der Waals surface area contributed by atoms with Gasteiger partial charge in [-0.15, -0.1) is 11.6 Å². The number of anilines is 3. The molecule has 1 aliphatic heterocycles. The van der Waals surface area contributed by atoms with Crippen LogP contribution in [0, 0.1) is 0 Å². The lowest BCUT2D eigenvalue weighted by molar-refractivity contribution is -0.118. The molecule has 1 aromatic carbocycles. The van der Waals surface area contributed by atoms with Crippen molar-refractivity contribution in [2.45, 2.75) is 31.0 Å². The van der Waals surface area contributed by atoms with Gasteiger partial charge in [-0.1, -0.05) is 0 Å². The molecule has 4 atom stereocenters. The first-order valence-corrected chi connectivity index (χ1v) is 11.1. The van der Waals surface area contributed by atoms with Gasteiger partial charge in [0, 0.05) is 19.6 Å². The van der Waals surface area contributed by atoms with Gasteiger partial charge in [-0.05, 0) is 6.42 Å². The van der Waals surface area contributed by atoms with Crippen molar-refractivity contribution in [2.75, 3.05) is 41.9 Å². The zero-order valence-electron chi connectivity index (χ0n) is 18.2. The van der Waals surface area contributed by atoms with E-state index in [2.05, 4.69) is 30.9 Å². The molecule has 0 radical (unpaired) electrons. The summed E-state index contributed by atoms with van der Waals surface area (Å²) in [5, 5.41) is 29.2. The first-order chi connectivity index (χ1) is 16.7. The number of amides is 1. The van der Waals surface area contributed by atoms with E-state index in [-0.39, 0.29) is 46.8 Å². The van der Waals surface area contributed by atoms with E-state index in [0.717, 1.165) is 0 Å². The largest absolute Gasteiger partial charge is 0.387 e. The fourth-order valence-electron chi connectivity index (χ4n) is 3.77. The number of aliphatic hydroxyl groups is 2. The van der Waals surface area contributed by atoms with Gasteiger partial charge < -0.3 is 36.6 Å². The lowest BCUT2D eigenvalue weighted by atomic mass is 10.1. The van der Waals surface area contributed by atoms with Gasteiger partial charge in [-0.3, -0.25) is 28.7 Å². The summed E-state index contributed by atoms with van der Waals surface area (Å²) in [4.78, 5) is 57.3. The van der Waals surface area contributed by atoms with E-state index in [9.17, 15) is 29.4 Å². The Hall–Kier alpha value is -3.53. The zero-order chi connectivity index (χ0) is 25.3. The van der Waals surface area contributed by atoms with Gasteiger partial charge in [0.2, 0.25) is 11.9 Å². The molecule has 4 unspecified atom stereocenters. The number of H-pyrrole nitrogens is 1. The van der Waals surface area contributed by atoms with E-state index < -0.39 is 41.0 Å². The number of carbonyl (C=O) groups excluding carboxylic acids is 1. The van der Waals surface area contributed by atoms with E-state index in [1.165, 1.54) is 10.9 Å². The number of aliphatic hydroxyl groups excluding tert-OH is 2. The van der Waals surface area contributed by atoms with Crippen molar-refractivity contribution >= 4 is 46.0 Å². The molecule has 2 aromatic heterocycles. The Kier molecular flexibility index (Phi) is 7.02. The Balaban J connectivity index is 1.39. The molecule has 4 rings (SSSR count). The monoisotopic (exact) mass is 510 g/mol. The van der Waals surface area contributed by atoms with Gasteiger partial charge in [0.25, 0.3) is 16.4 Å². The highest BCUT2D eigenvalue weighted by atomic mass is 35.5.